The zero-order valence-electron chi connectivity index (χ0n) is 12.9. The summed E-state index contributed by atoms with van der Waals surface area (Å²) in [5.41, 5.74) is 2.26. The first-order valence-electron chi connectivity index (χ1n) is 7.28. The van der Waals surface area contributed by atoms with Crippen LogP contribution in [-0.4, -0.2) is 23.5 Å². The largest absolute Gasteiger partial charge is 0.455 e. The first-order valence-corrected chi connectivity index (χ1v) is 9.48. The highest BCUT2D eigenvalue weighted by Crippen LogP contribution is 2.25. The lowest BCUT2D eigenvalue weighted by atomic mass is 10.3. The van der Waals surface area contributed by atoms with Crippen molar-refractivity contribution in [1.82, 2.24) is 4.98 Å². The van der Waals surface area contributed by atoms with E-state index in [1.54, 1.807) is 35.6 Å². The van der Waals surface area contributed by atoms with E-state index in [1.165, 1.54) is 11.3 Å². The molecule has 8 heteroatoms. The third-order valence-corrected chi connectivity index (χ3v) is 5.01. The number of halogens is 1. The van der Waals surface area contributed by atoms with Gasteiger partial charge in [0.2, 0.25) is 0 Å². The van der Waals surface area contributed by atoms with Gasteiger partial charge in [-0.1, -0.05) is 11.6 Å². The predicted molar refractivity (Wildman–Crippen MR) is 100 cm³/mol. The zero-order valence-corrected chi connectivity index (χ0v) is 15.3. The Balaban J connectivity index is 1.46. The molecule has 3 aromatic rings. The minimum Gasteiger partial charge on any atom is -0.455 e. The summed E-state index contributed by atoms with van der Waals surface area (Å²) in [4.78, 5) is 28.0. The van der Waals surface area contributed by atoms with Crippen molar-refractivity contribution < 1.29 is 14.3 Å². The Morgan fingerprint density at radius 1 is 1.16 bits per heavy atom. The maximum atomic E-state index is 11.9. The number of hydrogen-bond acceptors (Lipinski definition) is 6. The van der Waals surface area contributed by atoms with Crippen molar-refractivity contribution >= 4 is 51.8 Å². The van der Waals surface area contributed by atoms with Crippen LogP contribution in [0.15, 0.2) is 46.5 Å². The molecule has 1 aromatic carbocycles. The number of thiophene rings is 1. The highest BCUT2D eigenvalue weighted by atomic mass is 35.5. The highest BCUT2D eigenvalue weighted by Gasteiger charge is 2.12. The molecule has 0 saturated heterocycles. The molecule has 0 aliphatic heterocycles. The van der Waals surface area contributed by atoms with E-state index in [0.29, 0.717) is 16.4 Å². The van der Waals surface area contributed by atoms with Gasteiger partial charge in [-0.2, -0.15) is 11.3 Å². The lowest BCUT2D eigenvalue weighted by molar-refractivity contribution is -0.146. The van der Waals surface area contributed by atoms with Crippen LogP contribution in [-0.2, 0) is 20.7 Å². The Kier molecular flexibility index (Phi) is 5.80. The summed E-state index contributed by atoms with van der Waals surface area (Å²) in [7, 11) is 0. The van der Waals surface area contributed by atoms with E-state index in [9.17, 15) is 9.59 Å². The Labute approximate surface area is 157 Å². The minimum absolute atomic E-state index is 0.0366. The van der Waals surface area contributed by atoms with Gasteiger partial charge in [0.05, 0.1) is 12.1 Å². The predicted octanol–water partition coefficient (Wildman–Crippen LogP) is 4.25. The molecule has 3 rings (SSSR count). The van der Waals surface area contributed by atoms with Crippen molar-refractivity contribution in [1.29, 1.82) is 0 Å². The number of nitrogens with zero attached hydrogens (tertiary/aromatic N) is 1. The Morgan fingerprint density at radius 3 is 2.68 bits per heavy atom. The van der Waals surface area contributed by atoms with Crippen molar-refractivity contribution in [3.63, 3.8) is 0 Å². The Morgan fingerprint density at radius 2 is 1.96 bits per heavy atom. The van der Waals surface area contributed by atoms with Crippen LogP contribution in [0.4, 0.5) is 5.69 Å². The number of benzene rings is 1. The number of nitrogens with one attached hydrogen (secondary N) is 1. The monoisotopic (exact) mass is 392 g/mol. The van der Waals surface area contributed by atoms with E-state index in [2.05, 4.69) is 10.3 Å². The second-order valence-corrected chi connectivity index (χ2v) is 7.12. The van der Waals surface area contributed by atoms with E-state index in [1.807, 2.05) is 22.2 Å². The van der Waals surface area contributed by atoms with Crippen LogP contribution < -0.4 is 5.32 Å². The highest BCUT2D eigenvalue weighted by molar-refractivity contribution is 7.14. The first-order chi connectivity index (χ1) is 12.1. The SMILES string of the molecule is O=C(COC(=O)Cc1csc(-c2ccsc2)n1)Nc1ccc(Cl)cc1. The molecule has 1 N–H and O–H groups in total. The second-order valence-electron chi connectivity index (χ2n) is 5.05. The number of thiazole rings is 1. The summed E-state index contributed by atoms with van der Waals surface area (Å²) in [5.74, 6) is -0.902. The molecule has 0 aliphatic rings. The van der Waals surface area contributed by atoms with E-state index in [-0.39, 0.29) is 13.0 Å². The number of carbonyl (C=O) groups excluding carboxylic acids is 2. The van der Waals surface area contributed by atoms with Gasteiger partial charge in [0.1, 0.15) is 5.01 Å². The van der Waals surface area contributed by atoms with Crippen LogP contribution >= 0.6 is 34.3 Å². The summed E-state index contributed by atoms with van der Waals surface area (Å²) in [6.07, 6.45) is 0.0366. The Hall–Kier alpha value is -2.22. The fourth-order valence-electron chi connectivity index (χ4n) is 1.98. The topological polar surface area (TPSA) is 68.3 Å². The molecule has 2 aromatic heterocycles. The van der Waals surface area contributed by atoms with Crippen LogP contribution in [0.5, 0.6) is 0 Å². The third-order valence-electron chi connectivity index (χ3n) is 3.14. The number of hydrogen-bond donors (Lipinski definition) is 1. The number of rotatable bonds is 6. The van der Waals surface area contributed by atoms with Gasteiger partial charge < -0.3 is 10.1 Å². The molecule has 128 valence electrons. The third kappa shape index (κ3) is 5.12. The molecule has 0 atom stereocenters. The van der Waals surface area contributed by atoms with Gasteiger partial charge in [0.15, 0.2) is 6.61 Å². The minimum atomic E-state index is -0.492. The number of carbonyl (C=O) groups is 2. The fraction of sp³-hybridized carbons (Fsp3) is 0.118. The summed E-state index contributed by atoms with van der Waals surface area (Å²) in [6, 6.07) is 8.65. The normalized spacial score (nSPS) is 10.4. The van der Waals surface area contributed by atoms with Crippen molar-refractivity contribution in [2.75, 3.05) is 11.9 Å². The number of anilines is 1. The van der Waals surface area contributed by atoms with E-state index in [0.717, 1.165) is 10.6 Å². The number of ether oxygens (including phenoxy) is 1. The molecule has 2 heterocycles. The number of aromatic nitrogens is 1. The number of amides is 1. The lowest BCUT2D eigenvalue weighted by Gasteiger charge is -2.06. The van der Waals surface area contributed by atoms with Crippen molar-refractivity contribution in [3.05, 3.63) is 57.2 Å². The summed E-state index contributed by atoms with van der Waals surface area (Å²) in [5, 5.41) is 9.87. The van der Waals surface area contributed by atoms with Crippen LogP contribution in [0.3, 0.4) is 0 Å². The maximum Gasteiger partial charge on any atom is 0.312 e. The van der Waals surface area contributed by atoms with Gasteiger partial charge in [-0.3, -0.25) is 9.59 Å². The molecule has 0 unspecified atom stereocenters. The van der Waals surface area contributed by atoms with Gasteiger partial charge in [-0.25, -0.2) is 4.98 Å². The number of esters is 1. The van der Waals surface area contributed by atoms with Gasteiger partial charge in [0, 0.05) is 27.0 Å². The van der Waals surface area contributed by atoms with Gasteiger partial charge in [-0.05, 0) is 35.7 Å². The molecule has 25 heavy (non-hydrogen) atoms. The van der Waals surface area contributed by atoms with E-state index >= 15 is 0 Å². The Bertz CT molecular complexity index is 860. The van der Waals surface area contributed by atoms with Gasteiger partial charge in [0.25, 0.3) is 5.91 Å². The molecule has 0 fully saturated rings. The quantitative estimate of drug-likeness (QED) is 0.637. The van der Waals surface area contributed by atoms with Gasteiger partial charge >= 0.3 is 5.97 Å². The fourth-order valence-corrected chi connectivity index (χ4v) is 3.64. The molecule has 1 amide bonds. The van der Waals surface area contributed by atoms with Crippen molar-refractivity contribution in [2.45, 2.75) is 6.42 Å². The summed E-state index contributed by atoms with van der Waals surface area (Å²) in [6.45, 7) is -0.344. The molecule has 5 nitrogen and oxygen atoms in total. The van der Waals surface area contributed by atoms with Crippen LogP contribution in [0.1, 0.15) is 5.69 Å². The molecule has 0 aliphatic carbocycles. The molecule has 0 spiro atoms. The van der Waals surface area contributed by atoms with E-state index in [4.69, 9.17) is 16.3 Å². The molecule has 0 saturated carbocycles. The standard InChI is InChI=1S/C17H13ClN2O3S2/c18-12-1-3-13(4-2-12)19-15(21)8-23-16(22)7-14-10-25-17(20-14)11-5-6-24-9-11/h1-6,9-10H,7-8H2,(H,19,21). The van der Waals surface area contributed by atoms with Crippen molar-refractivity contribution in [3.8, 4) is 10.6 Å². The smallest absolute Gasteiger partial charge is 0.312 e. The van der Waals surface area contributed by atoms with Crippen LogP contribution in [0, 0.1) is 0 Å². The van der Waals surface area contributed by atoms with Crippen LogP contribution in [0.2, 0.25) is 5.02 Å². The zero-order chi connectivity index (χ0) is 17.6. The maximum absolute atomic E-state index is 11.9. The molecule has 0 bridgehead atoms. The molecular formula is C17H13ClN2O3S2. The molecule has 0 radical (unpaired) electrons. The summed E-state index contributed by atoms with van der Waals surface area (Å²) >= 11 is 8.84. The van der Waals surface area contributed by atoms with Crippen molar-refractivity contribution in [2.24, 2.45) is 0 Å². The summed E-state index contributed by atoms with van der Waals surface area (Å²) < 4.78 is 4.99. The van der Waals surface area contributed by atoms with Gasteiger partial charge in [-0.15, -0.1) is 11.3 Å². The lowest BCUT2D eigenvalue weighted by Crippen LogP contribution is -2.21. The molecular weight excluding hydrogens is 380 g/mol. The average molecular weight is 393 g/mol. The van der Waals surface area contributed by atoms with Crippen LogP contribution in [0.25, 0.3) is 10.6 Å². The second kappa shape index (κ2) is 8.24. The average Bonchev–Trinajstić information content (AvgIpc) is 3.26. The first kappa shape index (κ1) is 17.6. The van der Waals surface area contributed by atoms with E-state index < -0.39 is 11.9 Å².